The molecular weight excluding hydrogens is 288 g/mol. The molecule has 110 valence electrons. The number of hydrogen-bond acceptors (Lipinski definition) is 3. The summed E-state index contributed by atoms with van der Waals surface area (Å²) in [5, 5.41) is 0.608. The van der Waals surface area contributed by atoms with Crippen molar-refractivity contribution in [2.24, 2.45) is 0 Å². The van der Waals surface area contributed by atoms with Crippen LogP contribution >= 0.6 is 11.6 Å². The van der Waals surface area contributed by atoms with Gasteiger partial charge in [-0.05, 0) is 43.3 Å². The average molecular weight is 305 g/mol. The van der Waals surface area contributed by atoms with Gasteiger partial charge in [0.25, 0.3) is 0 Å². The van der Waals surface area contributed by atoms with Gasteiger partial charge in [-0.15, -0.1) is 0 Å². The highest BCUT2D eigenvalue weighted by molar-refractivity contribution is 6.30. The molecule has 0 radical (unpaired) electrons. The molecule has 0 spiro atoms. The summed E-state index contributed by atoms with van der Waals surface area (Å²) in [6, 6.07) is 16.3. The molecule has 0 fully saturated rings. The summed E-state index contributed by atoms with van der Waals surface area (Å²) >= 11 is 5.80. The summed E-state index contributed by atoms with van der Waals surface area (Å²) in [5.74, 6) is 0.726. The van der Waals surface area contributed by atoms with Crippen molar-refractivity contribution in [1.82, 2.24) is 0 Å². The molecule has 0 aliphatic carbocycles. The first-order chi connectivity index (χ1) is 10.2. The average Bonchev–Trinajstić information content (AvgIpc) is 2.52. The standard InChI is InChI=1S/C17H17ClO3/c1-13(17(19)14-7-9-15(18)10-8-14)20-11-12-21-16-5-3-2-4-6-16/h2-10,13H,11-12H2,1H3. The van der Waals surface area contributed by atoms with Crippen molar-refractivity contribution in [3.63, 3.8) is 0 Å². The largest absolute Gasteiger partial charge is 0.491 e. The molecule has 1 atom stereocenters. The fourth-order valence-electron chi connectivity index (χ4n) is 1.83. The zero-order valence-corrected chi connectivity index (χ0v) is 12.5. The third-order valence-electron chi connectivity index (χ3n) is 2.96. The highest BCUT2D eigenvalue weighted by atomic mass is 35.5. The van der Waals surface area contributed by atoms with E-state index in [1.54, 1.807) is 31.2 Å². The van der Waals surface area contributed by atoms with Gasteiger partial charge >= 0.3 is 0 Å². The van der Waals surface area contributed by atoms with Gasteiger partial charge in [-0.1, -0.05) is 29.8 Å². The number of benzene rings is 2. The molecule has 0 amide bonds. The molecule has 0 N–H and O–H groups in total. The van der Waals surface area contributed by atoms with Crippen molar-refractivity contribution in [2.75, 3.05) is 13.2 Å². The molecule has 4 heteroatoms. The highest BCUT2D eigenvalue weighted by Gasteiger charge is 2.15. The van der Waals surface area contributed by atoms with Crippen molar-refractivity contribution in [1.29, 1.82) is 0 Å². The molecule has 1 unspecified atom stereocenters. The molecule has 0 heterocycles. The number of ether oxygens (including phenoxy) is 2. The van der Waals surface area contributed by atoms with Crippen LogP contribution in [0.3, 0.4) is 0 Å². The summed E-state index contributed by atoms with van der Waals surface area (Å²) < 4.78 is 11.0. The molecule has 0 aliphatic heterocycles. The minimum absolute atomic E-state index is 0.0635. The fourth-order valence-corrected chi connectivity index (χ4v) is 1.95. The van der Waals surface area contributed by atoms with Gasteiger partial charge in [0.05, 0.1) is 6.61 Å². The number of ketones is 1. The number of halogens is 1. The predicted molar refractivity (Wildman–Crippen MR) is 83.1 cm³/mol. The summed E-state index contributed by atoms with van der Waals surface area (Å²) in [5.41, 5.74) is 0.593. The van der Waals surface area contributed by atoms with E-state index in [4.69, 9.17) is 21.1 Å². The summed E-state index contributed by atoms with van der Waals surface area (Å²) in [6.07, 6.45) is -0.509. The van der Waals surface area contributed by atoms with E-state index in [1.807, 2.05) is 30.3 Å². The maximum Gasteiger partial charge on any atom is 0.191 e. The Morgan fingerprint density at radius 1 is 1.05 bits per heavy atom. The Balaban J connectivity index is 1.75. The van der Waals surface area contributed by atoms with Crippen molar-refractivity contribution < 1.29 is 14.3 Å². The molecule has 0 saturated heterocycles. The minimum atomic E-state index is -0.509. The van der Waals surface area contributed by atoms with Crippen LogP contribution in [0.25, 0.3) is 0 Å². The summed E-state index contributed by atoms with van der Waals surface area (Å²) in [4.78, 5) is 12.1. The van der Waals surface area contributed by atoms with E-state index in [9.17, 15) is 4.79 Å². The molecule has 0 aliphatic rings. The van der Waals surface area contributed by atoms with Gasteiger partial charge in [-0.3, -0.25) is 4.79 Å². The Hall–Kier alpha value is -1.84. The Morgan fingerprint density at radius 2 is 1.71 bits per heavy atom. The molecular formula is C17H17ClO3. The molecule has 0 aromatic heterocycles. The number of carbonyl (C=O) groups excluding carboxylic acids is 1. The first kappa shape index (κ1) is 15.5. The van der Waals surface area contributed by atoms with E-state index in [0.29, 0.717) is 23.8 Å². The van der Waals surface area contributed by atoms with E-state index in [1.165, 1.54) is 0 Å². The molecule has 2 aromatic rings. The van der Waals surface area contributed by atoms with Gasteiger partial charge < -0.3 is 9.47 Å². The monoisotopic (exact) mass is 304 g/mol. The molecule has 3 nitrogen and oxygen atoms in total. The molecule has 2 rings (SSSR count). The van der Waals surface area contributed by atoms with E-state index in [2.05, 4.69) is 0 Å². The fraction of sp³-hybridized carbons (Fsp3) is 0.235. The molecule has 2 aromatic carbocycles. The van der Waals surface area contributed by atoms with Gasteiger partial charge in [0, 0.05) is 10.6 Å². The summed E-state index contributed by atoms with van der Waals surface area (Å²) in [6.45, 7) is 2.50. The quantitative estimate of drug-likeness (QED) is 0.573. The van der Waals surface area contributed by atoms with Gasteiger partial charge in [-0.2, -0.15) is 0 Å². The van der Waals surface area contributed by atoms with Crippen LogP contribution in [0.4, 0.5) is 0 Å². The third-order valence-corrected chi connectivity index (χ3v) is 3.21. The van der Waals surface area contributed by atoms with Crippen molar-refractivity contribution in [3.05, 3.63) is 65.2 Å². The maximum atomic E-state index is 12.1. The highest BCUT2D eigenvalue weighted by Crippen LogP contribution is 2.12. The van der Waals surface area contributed by atoms with Crippen LogP contribution in [0.15, 0.2) is 54.6 Å². The van der Waals surface area contributed by atoms with E-state index >= 15 is 0 Å². The van der Waals surface area contributed by atoms with Gasteiger partial charge in [0.2, 0.25) is 0 Å². The second-order valence-electron chi connectivity index (χ2n) is 4.55. The lowest BCUT2D eigenvalue weighted by Gasteiger charge is -2.13. The van der Waals surface area contributed by atoms with Gasteiger partial charge in [0.1, 0.15) is 18.5 Å². The van der Waals surface area contributed by atoms with Crippen LogP contribution in [0.1, 0.15) is 17.3 Å². The zero-order chi connectivity index (χ0) is 15.1. The van der Waals surface area contributed by atoms with Crippen LogP contribution in [-0.4, -0.2) is 25.1 Å². The second-order valence-corrected chi connectivity index (χ2v) is 4.98. The zero-order valence-electron chi connectivity index (χ0n) is 11.8. The Morgan fingerprint density at radius 3 is 2.38 bits per heavy atom. The first-order valence-electron chi connectivity index (χ1n) is 6.76. The van der Waals surface area contributed by atoms with E-state index in [-0.39, 0.29) is 5.78 Å². The smallest absolute Gasteiger partial charge is 0.191 e. The predicted octanol–water partition coefficient (Wildman–Crippen LogP) is 4.01. The van der Waals surface area contributed by atoms with Crippen molar-refractivity contribution >= 4 is 17.4 Å². The van der Waals surface area contributed by atoms with Gasteiger partial charge in [-0.25, -0.2) is 0 Å². The Bertz CT molecular complexity index is 566. The SMILES string of the molecule is CC(OCCOc1ccccc1)C(=O)c1ccc(Cl)cc1. The summed E-state index contributed by atoms with van der Waals surface area (Å²) in [7, 11) is 0. The second kappa shape index (κ2) is 7.81. The number of carbonyl (C=O) groups is 1. The number of para-hydroxylation sites is 1. The van der Waals surface area contributed by atoms with Crippen molar-refractivity contribution in [3.8, 4) is 5.75 Å². The Labute approximate surface area is 129 Å². The van der Waals surface area contributed by atoms with E-state index in [0.717, 1.165) is 5.75 Å². The number of Topliss-reactive ketones (excluding diaryl/α,β-unsaturated/α-hetero) is 1. The Kier molecular flexibility index (Phi) is 5.78. The third kappa shape index (κ3) is 4.88. The normalized spacial score (nSPS) is 11.9. The van der Waals surface area contributed by atoms with Crippen LogP contribution in [0.2, 0.25) is 5.02 Å². The van der Waals surface area contributed by atoms with Crippen LogP contribution in [0, 0.1) is 0 Å². The molecule has 0 bridgehead atoms. The first-order valence-corrected chi connectivity index (χ1v) is 7.14. The van der Waals surface area contributed by atoms with Crippen LogP contribution in [-0.2, 0) is 4.74 Å². The number of hydrogen-bond donors (Lipinski definition) is 0. The van der Waals surface area contributed by atoms with Crippen molar-refractivity contribution in [2.45, 2.75) is 13.0 Å². The van der Waals surface area contributed by atoms with Crippen LogP contribution in [0.5, 0.6) is 5.75 Å². The molecule has 21 heavy (non-hydrogen) atoms. The van der Waals surface area contributed by atoms with Gasteiger partial charge in [0.15, 0.2) is 5.78 Å². The van der Waals surface area contributed by atoms with Crippen LogP contribution < -0.4 is 4.74 Å². The maximum absolute atomic E-state index is 12.1. The number of rotatable bonds is 7. The lowest BCUT2D eigenvalue weighted by Crippen LogP contribution is -2.23. The van der Waals surface area contributed by atoms with E-state index < -0.39 is 6.10 Å². The minimum Gasteiger partial charge on any atom is -0.491 e. The molecule has 0 saturated carbocycles. The lowest BCUT2D eigenvalue weighted by atomic mass is 10.1. The topological polar surface area (TPSA) is 35.5 Å². The lowest BCUT2D eigenvalue weighted by molar-refractivity contribution is 0.0372.